The van der Waals surface area contributed by atoms with Crippen molar-refractivity contribution in [3.8, 4) is 11.5 Å². The molecule has 1 aromatic carbocycles. The average Bonchev–Trinajstić information content (AvgIpc) is 2.46. The number of nitrogens with zero attached hydrogens (tertiary/aromatic N) is 1. The third-order valence-corrected chi connectivity index (χ3v) is 3.98. The summed E-state index contributed by atoms with van der Waals surface area (Å²) in [4.78, 5) is 2.30. The Hall–Kier alpha value is -1.26. The van der Waals surface area contributed by atoms with Gasteiger partial charge in [-0.05, 0) is 56.1 Å². The Balaban J connectivity index is 2.69. The SMILES string of the molecule is COc1cc(C)c(CN(C)CCC(N)C(C)C)cc1OC. The molecule has 1 atom stereocenters. The Bertz CT molecular complexity index is 447. The zero-order valence-electron chi connectivity index (χ0n) is 14.3. The molecule has 0 heterocycles. The number of nitrogens with two attached hydrogens (primary N) is 1. The number of ether oxygens (including phenoxy) is 2. The topological polar surface area (TPSA) is 47.7 Å². The number of benzene rings is 1. The van der Waals surface area contributed by atoms with Gasteiger partial charge < -0.3 is 20.1 Å². The van der Waals surface area contributed by atoms with E-state index in [1.165, 1.54) is 11.1 Å². The van der Waals surface area contributed by atoms with Crippen LogP contribution in [-0.4, -0.2) is 38.8 Å². The van der Waals surface area contributed by atoms with Gasteiger partial charge in [0.15, 0.2) is 11.5 Å². The van der Waals surface area contributed by atoms with Crippen LogP contribution in [0.15, 0.2) is 12.1 Å². The molecule has 1 rings (SSSR count). The minimum Gasteiger partial charge on any atom is -0.493 e. The van der Waals surface area contributed by atoms with E-state index in [1.54, 1.807) is 14.2 Å². The summed E-state index contributed by atoms with van der Waals surface area (Å²) >= 11 is 0. The lowest BCUT2D eigenvalue weighted by Gasteiger charge is -2.22. The summed E-state index contributed by atoms with van der Waals surface area (Å²) in [6.45, 7) is 8.32. The normalized spacial score (nSPS) is 12.8. The van der Waals surface area contributed by atoms with Crippen LogP contribution in [0, 0.1) is 12.8 Å². The van der Waals surface area contributed by atoms with E-state index in [4.69, 9.17) is 15.2 Å². The molecular formula is C17H30N2O2. The van der Waals surface area contributed by atoms with Crippen LogP contribution in [0.25, 0.3) is 0 Å². The summed E-state index contributed by atoms with van der Waals surface area (Å²) in [6.07, 6.45) is 1.01. The highest BCUT2D eigenvalue weighted by molar-refractivity contribution is 5.46. The molecule has 4 heteroatoms. The van der Waals surface area contributed by atoms with Crippen LogP contribution in [0.2, 0.25) is 0 Å². The van der Waals surface area contributed by atoms with Gasteiger partial charge in [-0.2, -0.15) is 0 Å². The summed E-state index contributed by atoms with van der Waals surface area (Å²) in [7, 11) is 5.46. The Kier molecular flexibility index (Phi) is 6.99. The number of hydrogen-bond donors (Lipinski definition) is 1. The van der Waals surface area contributed by atoms with E-state index in [1.807, 2.05) is 6.07 Å². The third kappa shape index (κ3) is 5.21. The van der Waals surface area contributed by atoms with Crippen molar-refractivity contribution in [3.63, 3.8) is 0 Å². The second-order valence-electron chi connectivity index (χ2n) is 6.07. The zero-order chi connectivity index (χ0) is 16.0. The second-order valence-corrected chi connectivity index (χ2v) is 6.07. The van der Waals surface area contributed by atoms with Crippen molar-refractivity contribution < 1.29 is 9.47 Å². The van der Waals surface area contributed by atoms with Crippen LogP contribution in [0.3, 0.4) is 0 Å². The number of methoxy groups -OCH3 is 2. The largest absolute Gasteiger partial charge is 0.493 e. The molecule has 120 valence electrons. The lowest BCUT2D eigenvalue weighted by Crippen LogP contribution is -2.31. The third-order valence-electron chi connectivity index (χ3n) is 3.98. The van der Waals surface area contributed by atoms with E-state index >= 15 is 0 Å². The summed E-state index contributed by atoms with van der Waals surface area (Å²) in [5.74, 6) is 2.09. The molecule has 4 nitrogen and oxygen atoms in total. The van der Waals surface area contributed by atoms with Crippen molar-refractivity contribution in [2.45, 2.75) is 39.8 Å². The van der Waals surface area contributed by atoms with E-state index in [9.17, 15) is 0 Å². The Morgan fingerprint density at radius 3 is 2.24 bits per heavy atom. The van der Waals surface area contributed by atoms with Crippen LogP contribution in [-0.2, 0) is 6.54 Å². The number of aryl methyl sites for hydroxylation is 1. The van der Waals surface area contributed by atoms with E-state index in [-0.39, 0.29) is 6.04 Å². The van der Waals surface area contributed by atoms with Gasteiger partial charge >= 0.3 is 0 Å². The molecule has 21 heavy (non-hydrogen) atoms. The average molecular weight is 294 g/mol. The van der Waals surface area contributed by atoms with Crippen molar-refractivity contribution in [3.05, 3.63) is 23.3 Å². The van der Waals surface area contributed by atoms with Crippen molar-refractivity contribution in [1.29, 1.82) is 0 Å². The first-order valence-corrected chi connectivity index (χ1v) is 7.54. The molecule has 0 aliphatic heterocycles. The van der Waals surface area contributed by atoms with Gasteiger partial charge in [0.05, 0.1) is 14.2 Å². The molecule has 0 aromatic heterocycles. The van der Waals surface area contributed by atoms with Gasteiger partial charge in [-0.1, -0.05) is 13.8 Å². The predicted molar refractivity (Wildman–Crippen MR) is 88.0 cm³/mol. The molecule has 0 saturated carbocycles. The smallest absolute Gasteiger partial charge is 0.161 e. The Morgan fingerprint density at radius 2 is 1.71 bits per heavy atom. The predicted octanol–water partition coefficient (Wildman–Crippen LogP) is 2.82. The molecule has 1 unspecified atom stereocenters. The lowest BCUT2D eigenvalue weighted by molar-refractivity contribution is 0.294. The van der Waals surface area contributed by atoms with E-state index in [0.717, 1.165) is 31.0 Å². The summed E-state index contributed by atoms with van der Waals surface area (Å²) in [5, 5.41) is 0. The van der Waals surface area contributed by atoms with Gasteiger partial charge in [0.1, 0.15) is 0 Å². The van der Waals surface area contributed by atoms with Gasteiger partial charge in [-0.15, -0.1) is 0 Å². The summed E-state index contributed by atoms with van der Waals surface area (Å²) in [5.41, 5.74) is 8.58. The number of hydrogen-bond acceptors (Lipinski definition) is 4. The Morgan fingerprint density at radius 1 is 1.14 bits per heavy atom. The quantitative estimate of drug-likeness (QED) is 0.801. The first kappa shape index (κ1) is 17.8. The fourth-order valence-corrected chi connectivity index (χ4v) is 2.27. The second kappa shape index (κ2) is 8.25. The lowest BCUT2D eigenvalue weighted by atomic mass is 10.0. The van der Waals surface area contributed by atoms with Crippen LogP contribution < -0.4 is 15.2 Å². The fraction of sp³-hybridized carbons (Fsp3) is 0.647. The summed E-state index contributed by atoms with van der Waals surface area (Å²) in [6, 6.07) is 4.36. The minimum atomic E-state index is 0.263. The van der Waals surface area contributed by atoms with Gasteiger partial charge in [0.2, 0.25) is 0 Å². The van der Waals surface area contributed by atoms with Crippen LogP contribution >= 0.6 is 0 Å². The molecule has 0 aliphatic rings. The molecule has 0 amide bonds. The highest BCUT2D eigenvalue weighted by Gasteiger charge is 2.12. The fourth-order valence-electron chi connectivity index (χ4n) is 2.27. The first-order chi connectivity index (χ1) is 9.88. The standard InChI is InChI=1S/C17H30N2O2/c1-12(2)15(18)7-8-19(4)11-14-10-17(21-6)16(20-5)9-13(14)3/h9-10,12,15H,7-8,11,18H2,1-6H3. The van der Waals surface area contributed by atoms with Crippen molar-refractivity contribution in [2.75, 3.05) is 27.8 Å². The molecule has 2 N–H and O–H groups in total. The van der Waals surface area contributed by atoms with E-state index < -0.39 is 0 Å². The molecule has 0 spiro atoms. The molecule has 0 aliphatic carbocycles. The zero-order valence-corrected chi connectivity index (χ0v) is 14.3. The minimum absolute atomic E-state index is 0.263. The van der Waals surface area contributed by atoms with E-state index in [0.29, 0.717) is 5.92 Å². The molecular weight excluding hydrogens is 264 g/mol. The van der Waals surface area contributed by atoms with Gasteiger partial charge in [-0.25, -0.2) is 0 Å². The molecule has 0 fully saturated rings. The molecule has 0 bridgehead atoms. The number of rotatable bonds is 8. The molecule has 1 aromatic rings. The van der Waals surface area contributed by atoms with Crippen molar-refractivity contribution in [1.82, 2.24) is 4.90 Å². The maximum Gasteiger partial charge on any atom is 0.161 e. The van der Waals surface area contributed by atoms with Crippen molar-refractivity contribution >= 4 is 0 Å². The van der Waals surface area contributed by atoms with Gasteiger partial charge in [0.25, 0.3) is 0 Å². The highest BCUT2D eigenvalue weighted by atomic mass is 16.5. The van der Waals surface area contributed by atoms with Crippen LogP contribution in [0.4, 0.5) is 0 Å². The molecule has 0 radical (unpaired) electrons. The maximum absolute atomic E-state index is 6.11. The first-order valence-electron chi connectivity index (χ1n) is 7.54. The Labute approximate surface area is 129 Å². The molecule has 0 saturated heterocycles. The van der Waals surface area contributed by atoms with Crippen LogP contribution in [0.5, 0.6) is 11.5 Å². The maximum atomic E-state index is 6.11. The van der Waals surface area contributed by atoms with Gasteiger partial charge in [0, 0.05) is 12.6 Å². The highest BCUT2D eigenvalue weighted by Crippen LogP contribution is 2.30. The van der Waals surface area contributed by atoms with Crippen LogP contribution in [0.1, 0.15) is 31.4 Å². The monoisotopic (exact) mass is 294 g/mol. The van der Waals surface area contributed by atoms with Crippen molar-refractivity contribution in [2.24, 2.45) is 11.7 Å². The summed E-state index contributed by atoms with van der Waals surface area (Å²) < 4.78 is 10.7. The van der Waals surface area contributed by atoms with Gasteiger partial charge in [-0.3, -0.25) is 0 Å². The van der Waals surface area contributed by atoms with E-state index in [2.05, 4.69) is 38.8 Å².